The Balaban J connectivity index is 1.12. The van der Waals surface area contributed by atoms with Crippen molar-refractivity contribution in [3.8, 4) is 17.1 Å². The van der Waals surface area contributed by atoms with Crippen LogP contribution in [0.15, 0.2) is 54.7 Å². The average Bonchev–Trinajstić information content (AvgIpc) is 3.29. The molecule has 3 saturated heterocycles. The molecule has 3 aromatic heterocycles. The molecule has 2 bridgehead atoms. The summed E-state index contributed by atoms with van der Waals surface area (Å²) < 4.78 is 5.28. The Kier molecular flexibility index (Phi) is 5.89. The number of aromatic amines is 1. The lowest BCUT2D eigenvalue weighted by Gasteiger charge is -2.57. The molecule has 0 radical (unpaired) electrons. The number of H-pyrrole nitrogens is 1. The van der Waals surface area contributed by atoms with E-state index in [1.165, 1.54) is 12.0 Å². The number of nitrogens with one attached hydrogen (secondary N) is 1. The predicted octanol–water partition coefficient (Wildman–Crippen LogP) is 3.94. The van der Waals surface area contributed by atoms with E-state index in [0.29, 0.717) is 24.3 Å². The van der Waals surface area contributed by atoms with E-state index in [-0.39, 0.29) is 0 Å². The monoisotopic (exact) mass is 481 g/mol. The maximum Gasteiger partial charge on any atom is 0.161 e. The summed E-state index contributed by atoms with van der Waals surface area (Å²) >= 11 is 0. The van der Waals surface area contributed by atoms with E-state index in [9.17, 15) is 0 Å². The second kappa shape index (κ2) is 9.35. The Hall–Kier alpha value is -3.78. The number of rotatable bonds is 7. The lowest BCUT2D eigenvalue weighted by molar-refractivity contribution is 0.108. The summed E-state index contributed by atoms with van der Waals surface area (Å²) in [5.74, 6) is 2.66. The van der Waals surface area contributed by atoms with Crippen LogP contribution in [0, 0.1) is 13.8 Å². The number of anilines is 1. The van der Waals surface area contributed by atoms with E-state index in [0.717, 1.165) is 59.5 Å². The van der Waals surface area contributed by atoms with Gasteiger partial charge in [0.1, 0.15) is 11.6 Å². The van der Waals surface area contributed by atoms with Crippen molar-refractivity contribution in [1.29, 1.82) is 0 Å². The molecule has 0 saturated carbocycles. The molecule has 7 rings (SSSR count). The van der Waals surface area contributed by atoms with Gasteiger partial charge in [-0.25, -0.2) is 15.0 Å². The van der Waals surface area contributed by atoms with Crippen molar-refractivity contribution in [3.05, 3.63) is 83.1 Å². The molecule has 3 aliphatic heterocycles. The van der Waals surface area contributed by atoms with Gasteiger partial charge in [-0.3, -0.25) is 10.00 Å². The number of piperidine rings is 1. The van der Waals surface area contributed by atoms with Crippen molar-refractivity contribution in [2.24, 2.45) is 0 Å². The molecule has 8 nitrogen and oxygen atoms in total. The first-order valence-electron chi connectivity index (χ1n) is 12.5. The number of piperazine rings is 1. The van der Waals surface area contributed by atoms with Gasteiger partial charge in [-0.1, -0.05) is 12.1 Å². The molecule has 0 aliphatic carbocycles. The molecule has 2 unspecified atom stereocenters. The highest BCUT2D eigenvalue weighted by atomic mass is 16.5. The standard InChI is InChI=1S/C28H31N7O/c1-18-10-22(12-23-11-19(2)32-33-23)31-28(30-18)21-6-9-27(29-14-21)35-24-13-25(35)17-34(16-24)15-20-4-7-26(36-3)8-5-20/h4-11,14,24-25H,12-13,15-17H2,1-3H3,(H,32,33). The summed E-state index contributed by atoms with van der Waals surface area (Å²) in [6.07, 6.45) is 3.83. The number of hydrogen-bond acceptors (Lipinski definition) is 7. The van der Waals surface area contributed by atoms with Gasteiger partial charge in [0.2, 0.25) is 0 Å². The SMILES string of the molecule is COc1ccc(CN2CC3CC(C2)N3c2ccc(-c3nc(C)cc(Cc4cc(C)[nH]n4)n3)cn2)cc1. The predicted molar refractivity (Wildman–Crippen MR) is 139 cm³/mol. The minimum atomic E-state index is 0.513. The fourth-order valence-corrected chi connectivity index (χ4v) is 5.46. The van der Waals surface area contributed by atoms with Crippen LogP contribution in [0.5, 0.6) is 5.75 Å². The Morgan fingerprint density at radius 2 is 1.78 bits per heavy atom. The van der Waals surface area contributed by atoms with Gasteiger partial charge in [0, 0.05) is 61.3 Å². The third-order valence-electron chi connectivity index (χ3n) is 7.13. The third-order valence-corrected chi connectivity index (χ3v) is 7.13. The van der Waals surface area contributed by atoms with Gasteiger partial charge in [-0.05, 0) is 62.2 Å². The highest BCUT2D eigenvalue weighted by molar-refractivity contribution is 5.58. The molecule has 0 amide bonds. The fraction of sp³-hybridized carbons (Fsp3) is 0.357. The maximum absolute atomic E-state index is 5.28. The number of ether oxygens (including phenoxy) is 1. The molecule has 6 heterocycles. The van der Waals surface area contributed by atoms with Gasteiger partial charge >= 0.3 is 0 Å². The molecule has 36 heavy (non-hydrogen) atoms. The number of hydrogen-bond donors (Lipinski definition) is 1. The van der Waals surface area contributed by atoms with Crippen LogP contribution in [0.1, 0.15) is 34.8 Å². The van der Waals surface area contributed by atoms with E-state index in [1.54, 1.807) is 7.11 Å². The van der Waals surface area contributed by atoms with Crippen molar-refractivity contribution in [3.63, 3.8) is 0 Å². The van der Waals surface area contributed by atoms with Gasteiger partial charge in [-0.15, -0.1) is 0 Å². The maximum atomic E-state index is 5.28. The van der Waals surface area contributed by atoms with Crippen molar-refractivity contribution < 1.29 is 4.74 Å². The lowest BCUT2D eigenvalue weighted by atomic mass is 9.87. The van der Waals surface area contributed by atoms with Crippen LogP contribution in [0.25, 0.3) is 11.4 Å². The van der Waals surface area contributed by atoms with Crippen LogP contribution >= 0.6 is 0 Å². The number of fused-ring (bicyclic) bond motifs is 2. The van der Waals surface area contributed by atoms with Gasteiger partial charge in [0.05, 0.1) is 18.5 Å². The van der Waals surface area contributed by atoms with Gasteiger partial charge in [0.15, 0.2) is 5.82 Å². The molecular weight excluding hydrogens is 450 g/mol. The van der Waals surface area contributed by atoms with Gasteiger partial charge < -0.3 is 9.64 Å². The molecule has 184 valence electrons. The normalized spacial score (nSPS) is 19.2. The summed E-state index contributed by atoms with van der Waals surface area (Å²) in [6.45, 7) is 7.10. The van der Waals surface area contributed by atoms with Crippen LogP contribution in [0.3, 0.4) is 0 Å². The van der Waals surface area contributed by atoms with Crippen molar-refractivity contribution >= 4 is 5.82 Å². The minimum Gasteiger partial charge on any atom is -0.497 e. The number of nitrogens with zero attached hydrogens (tertiary/aromatic N) is 6. The van der Waals surface area contributed by atoms with Crippen molar-refractivity contribution in [2.45, 2.75) is 45.3 Å². The zero-order valence-electron chi connectivity index (χ0n) is 21.0. The summed E-state index contributed by atoms with van der Waals surface area (Å²) in [7, 11) is 1.71. The Morgan fingerprint density at radius 3 is 2.44 bits per heavy atom. The van der Waals surface area contributed by atoms with E-state index < -0.39 is 0 Å². The number of aryl methyl sites for hydroxylation is 2. The second-order valence-corrected chi connectivity index (χ2v) is 9.94. The number of benzene rings is 1. The smallest absolute Gasteiger partial charge is 0.161 e. The zero-order valence-corrected chi connectivity index (χ0v) is 21.0. The van der Waals surface area contributed by atoms with Crippen molar-refractivity contribution in [1.82, 2.24) is 30.0 Å². The highest BCUT2D eigenvalue weighted by Crippen LogP contribution is 2.37. The van der Waals surface area contributed by atoms with Crippen molar-refractivity contribution in [2.75, 3.05) is 25.1 Å². The second-order valence-electron chi connectivity index (χ2n) is 9.94. The Labute approximate surface area is 211 Å². The van der Waals surface area contributed by atoms with E-state index in [2.05, 4.69) is 55.3 Å². The number of aromatic nitrogens is 5. The zero-order chi connectivity index (χ0) is 24.6. The van der Waals surface area contributed by atoms with E-state index >= 15 is 0 Å². The summed E-state index contributed by atoms with van der Waals surface area (Å²) in [6, 6.07) is 17.7. The number of methoxy groups -OCH3 is 1. The Bertz CT molecular complexity index is 1340. The number of pyridine rings is 1. The summed E-state index contributed by atoms with van der Waals surface area (Å²) in [5.41, 5.74) is 6.20. The molecule has 8 heteroatoms. The summed E-state index contributed by atoms with van der Waals surface area (Å²) in [4.78, 5) is 19.3. The molecule has 3 aliphatic rings. The molecule has 0 spiro atoms. The summed E-state index contributed by atoms with van der Waals surface area (Å²) in [5, 5.41) is 7.34. The largest absolute Gasteiger partial charge is 0.497 e. The molecule has 2 atom stereocenters. The minimum absolute atomic E-state index is 0.513. The van der Waals surface area contributed by atoms with E-state index in [4.69, 9.17) is 14.7 Å². The van der Waals surface area contributed by atoms with Crippen LogP contribution in [-0.2, 0) is 13.0 Å². The fourth-order valence-electron chi connectivity index (χ4n) is 5.46. The van der Waals surface area contributed by atoms with E-state index in [1.807, 2.05) is 38.2 Å². The van der Waals surface area contributed by atoms with Crippen LogP contribution in [-0.4, -0.2) is 62.3 Å². The Morgan fingerprint density at radius 1 is 0.972 bits per heavy atom. The van der Waals surface area contributed by atoms with Gasteiger partial charge in [-0.2, -0.15) is 5.10 Å². The molecule has 1 aromatic carbocycles. The topological polar surface area (TPSA) is 83.1 Å². The van der Waals surface area contributed by atoms with Gasteiger partial charge in [0.25, 0.3) is 0 Å². The molecule has 4 aromatic rings. The lowest BCUT2D eigenvalue weighted by Crippen LogP contribution is -2.69. The van der Waals surface area contributed by atoms with Crippen LogP contribution < -0.4 is 9.64 Å². The van der Waals surface area contributed by atoms with Crippen LogP contribution in [0.2, 0.25) is 0 Å². The first-order chi connectivity index (χ1) is 17.5. The quantitative estimate of drug-likeness (QED) is 0.428. The molecule has 1 N–H and O–H groups in total. The first kappa shape index (κ1) is 22.7. The average molecular weight is 482 g/mol. The first-order valence-corrected chi connectivity index (χ1v) is 12.5. The highest BCUT2D eigenvalue weighted by Gasteiger charge is 2.45. The molecular formula is C28H31N7O. The van der Waals surface area contributed by atoms with Crippen LogP contribution in [0.4, 0.5) is 5.82 Å². The third kappa shape index (κ3) is 4.56. The molecule has 3 fully saturated rings.